The molecule has 1 aromatic heterocycles. The first-order valence-corrected chi connectivity index (χ1v) is 8.02. The standard InChI is InChI=1S/C14H17N3OS2/c1-14(2,3)10-6-4-9(5-7-10)11(18)8-19-13-17-16-12(15)20-13/h4-7H,8H2,1-3H3,(H2,15,16). The van der Waals surface area contributed by atoms with E-state index in [1.54, 1.807) is 0 Å². The molecule has 0 saturated heterocycles. The second-order valence-electron chi connectivity index (χ2n) is 5.45. The van der Waals surface area contributed by atoms with Crippen LogP contribution in [0, 0.1) is 0 Å². The number of nitrogens with zero attached hydrogens (tertiary/aromatic N) is 2. The van der Waals surface area contributed by atoms with Gasteiger partial charge in [-0.2, -0.15) is 0 Å². The van der Waals surface area contributed by atoms with E-state index in [0.29, 0.717) is 10.9 Å². The molecule has 0 radical (unpaired) electrons. The van der Waals surface area contributed by atoms with Crippen molar-refractivity contribution < 1.29 is 4.79 Å². The van der Waals surface area contributed by atoms with Crippen LogP contribution in [0.25, 0.3) is 0 Å². The van der Waals surface area contributed by atoms with Crippen molar-refractivity contribution in [3.63, 3.8) is 0 Å². The predicted molar refractivity (Wildman–Crippen MR) is 84.5 cm³/mol. The number of ketones is 1. The third-order valence-electron chi connectivity index (χ3n) is 2.82. The van der Waals surface area contributed by atoms with Crippen LogP contribution in [0.1, 0.15) is 36.7 Å². The molecule has 0 fully saturated rings. The number of hydrogen-bond donors (Lipinski definition) is 1. The number of carbonyl (C=O) groups excluding carboxylic acids is 1. The van der Waals surface area contributed by atoms with E-state index >= 15 is 0 Å². The molecule has 0 bridgehead atoms. The number of nitrogens with two attached hydrogens (primary N) is 1. The summed E-state index contributed by atoms with van der Waals surface area (Å²) in [4.78, 5) is 12.1. The first kappa shape index (κ1) is 15.0. The molecule has 0 atom stereocenters. The van der Waals surface area contributed by atoms with Gasteiger partial charge in [0.1, 0.15) is 0 Å². The van der Waals surface area contributed by atoms with Gasteiger partial charge in [0.05, 0.1) is 5.75 Å². The number of carbonyl (C=O) groups is 1. The number of thioether (sulfide) groups is 1. The molecule has 4 nitrogen and oxygen atoms in total. The first-order valence-electron chi connectivity index (χ1n) is 6.22. The van der Waals surface area contributed by atoms with E-state index in [-0.39, 0.29) is 11.2 Å². The Morgan fingerprint density at radius 1 is 1.25 bits per heavy atom. The molecule has 0 aliphatic carbocycles. The molecule has 2 N–H and O–H groups in total. The zero-order valence-electron chi connectivity index (χ0n) is 11.7. The predicted octanol–water partition coefficient (Wildman–Crippen LogP) is 3.39. The lowest BCUT2D eigenvalue weighted by Gasteiger charge is -2.18. The summed E-state index contributed by atoms with van der Waals surface area (Å²) < 4.78 is 0.724. The first-order chi connectivity index (χ1) is 9.36. The van der Waals surface area contributed by atoms with Crippen LogP contribution in [0.15, 0.2) is 28.6 Å². The Hall–Kier alpha value is -1.40. The highest BCUT2D eigenvalue weighted by Gasteiger charge is 2.14. The van der Waals surface area contributed by atoms with Crippen molar-refractivity contribution in [1.82, 2.24) is 10.2 Å². The van der Waals surface area contributed by atoms with E-state index in [2.05, 4.69) is 31.0 Å². The van der Waals surface area contributed by atoms with Gasteiger partial charge in [0.25, 0.3) is 0 Å². The van der Waals surface area contributed by atoms with Gasteiger partial charge in [0.2, 0.25) is 5.13 Å². The summed E-state index contributed by atoms with van der Waals surface area (Å²) >= 11 is 2.67. The van der Waals surface area contributed by atoms with Gasteiger partial charge in [-0.3, -0.25) is 4.79 Å². The average molecular weight is 307 g/mol. The molecule has 0 aliphatic rings. The quantitative estimate of drug-likeness (QED) is 0.692. The van der Waals surface area contributed by atoms with Gasteiger partial charge < -0.3 is 5.73 Å². The number of anilines is 1. The molecule has 0 saturated carbocycles. The van der Waals surface area contributed by atoms with Crippen molar-refractivity contribution in [2.45, 2.75) is 30.5 Å². The van der Waals surface area contributed by atoms with Crippen LogP contribution in [0.2, 0.25) is 0 Å². The fraction of sp³-hybridized carbons (Fsp3) is 0.357. The van der Waals surface area contributed by atoms with Crippen molar-refractivity contribution in [2.24, 2.45) is 0 Å². The lowest BCUT2D eigenvalue weighted by atomic mass is 9.86. The van der Waals surface area contributed by atoms with Crippen LogP contribution in [0.5, 0.6) is 0 Å². The van der Waals surface area contributed by atoms with Crippen molar-refractivity contribution in [3.8, 4) is 0 Å². The number of rotatable bonds is 4. The van der Waals surface area contributed by atoms with E-state index < -0.39 is 0 Å². The van der Waals surface area contributed by atoms with Crippen LogP contribution in [-0.2, 0) is 5.41 Å². The Labute approximate surface area is 126 Å². The fourth-order valence-corrected chi connectivity index (χ4v) is 3.18. The lowest BCUT2D eigenvalue weighted by Crippen LogP contribution is -2.11. The average Bonchev–Trinajstić information content (AvgIpc) is 2.81. The van der Waals surface area contributed by atoms with E-state index in [1.807, 2.05) is 24.3 Å². The molecular formula is C14H17N3OS2. The molecule has 0 unspecified atom stereocenters. The molecule has 2 rings (SSSR count). The van der Waals surface area contributed by atoms with Gasteiger partial charge in [0.15, 0.2) is 10.1 Å². The third kappa shape index (κ3) is 3.80. The van der Waals surface area contributed by atoms with Crippen LogP contribution in [0.3, 0.4) is 0 Å². The molecule has 20 heavy (non-hydrogen) atoms. The summed E-state index contributed by atoms with van der Waals surface area (Å²) in [6.45, 7) is 6.46. The number of benzene rings is 1. The van der Waals surface area contributed by atoms with E-state index in [0.717, 1.165) is 9.90 Å². The summed E-state index contributed by atoms with van der Waals surface area (Å²) in [6.07, 6.45) is 0. The topological polar surface area (TPSA) is 68.9 Å². The summed E-state index contributed by atoms with van der Waals surface area (Å²) in [7, 11) is 0. The zero-order valence-corrected chi connectivity index (χ0v) is 13.3. The molecule has 0 spiro atoms. The summed E-state index contributed by atoms with van der Waals surface area (Å²) in [6, 6.07) is 7.80. The van der Waals surface area contributed by atoms with Gasteiger partial charge in [-0.1, -0.05) is 68.1 Å². The van der Waals surface area contributed by atoms with Crippen molar-refractivity contribution >= 4 is 34.0 Å². The Morgan fingerprint density at radius 3 is 2.40 bits per heavy atom. The molecule has 1 heterocycles. The van der Waals surface area contributed by atoms with Gasteiger partial charge in [-0.15, -0.1) is 10.2 Å². The van der Waals surface area contributed by atoms with Crippen LogP contribution >= 0.6 is 23.1 Å². The maximum absolute atomic E-state index is 12.1. The molecule has 1 aromatic carbocycles. The summed E-state index contributed by atoms with van der Waals surface area (Å²) in [5, 5.41) is 8.03. The largest absolute Gasteiger partial charge is 0.374 e. The van der Waals surface area contributed by atoms with Crippen molar-refractivity contribution in [3.05, 3.63) is 35.4 Å². The number of Topliss-reactive ketones (excluding diaryl/α,β-unsaturated/α-hetero) is 1. The van der Waals surface area contributed by atoms with Gasteiger partial charge >= 0.3 is 0 Å². The monoisotopic (exact) mass is 307 g/mol. The highest BCUT2D eigenvalue weighted by atomic mass is 32.2. The molecular weight excluding hydrogens is 290 g/mol. The number of hydrogen-bond acceptors (Lipinski definition) is 6. The molecule has 106 valence electrons. The minimum atomic E-state index is 0.0873. The second-order valence-corrected chi connectivity index (χ2v) is 7.68. The summed E-state index contributed by atoms with van der Waals surface area (Å²) in [5.41, 5.74) is 7.54. The van der Waals surface area contributed by atoms with Crippen molar-refractivity contribution in [1.29, 1.82) is 0 Å². The van der Waals surface area contributed by atoms with E-state index in [4.69, 9.17) is 5.73 Å². The summed E-state index contributed by atoms with van der Waals surface area (Å²) in [5.74, 6) is 0.438. The fourth-order valence-electron chi connectivity index (χ4n) is 1.65. The SMILES string of the molecule is CC(C)(C)c1ccc(C(=O)CSc2nnc(N)s2)cc1. The van der Waals surface area contributed by atoms with Crippen LogP contribution in [-0.4, -0.2) is 21.7 Å². The Balaban J connectivity index is 1.99. The number of nitrogen functional groups attached to an aromatic ring is 1. The van der Waals surface area contributed by atoms with E-state index in [1.165, 1.54) is 28.7 Å². The third-order valence-corrected chi connectivity index (χ3v) is 4.71. The normalized spacial score (nSPS) is 11.6. The van der Waals surface area contributed by atoms with Crippen molar-refractivity contribution in [2.75, 3.05) is 11.5 Å². The molecule has 0 amide bonds. The molecule has 0 aliphatic heterocycles. The zero-order chi connectivity index (χ0) is 14.8. The Morgan fingerprint density at radius 2 is 1.90 bits per heavy atom. The highest BCUT2D eigenvalue weighted by molar-refractivity contribution is 8.01. The highest BCUT2D eigenvalue weighted by Crippen LogP contribution is 2.25. The Kier molecular flexibility index (Phi) is 4.45. The van der Waals surface area contributed by atoms with Gasteiger partial charge in [-0.05, 0) is 11.0 Å². The smallest absolute Gasteiger partial charge is 0.203 e. The second kappa shape index (κ2) is 5.93. The minimum Gasteiger partial charge on any atom is -0.374 e. The van der Waals surface area contributed by atoms with Gasteiger partial charge in [-0.25, -0.2) is 0 Å². The minimum absolute atomic E-state index is 0.0873. The van der Waals surface area contributed by atoms with Crippen LogP contribution in [0.4, 0.5) is 5.13 Å². The Bertz CT molecular complexity index is 600. The molecule has 6 heteroatoms. The molecule has 2 aromatic rings. The van der Waals surface area contributed by atoms with E-state index in [9.17, 15) is 4.79 Å². The maximum atomic E-state index is 12.1. The van der Waals surface area contributed by atoms with Crippen LogP contribution < -0.4 is 5.73 Å². The van der Waals surface area contributed by atoms with Gasteiger partial charge in [0, 0.05) is 5.56 Å². The maximum Gasteiger partial charge on any atom is 0.203 e. The lowest BCUT2D eigenvalue weighted by molar-refractivity contribution is 0.102. The number of aromatic nitrogens is 2.